The van der Waals surface area contributed by atoms with Crippen molar-refractivity contribution in [1.82, 2.24) is 4.72 Å². The number of hydrogen-bond acceptors (Lipinski definition) is 7. The van der Waals surface area contributed by atoms with Crippen molar-refractivity contribution < 1.29 is 32.2 Å². The number of carbonyl (C=O) groups is 2. The Morgan fingerprint density at radius 1 is 1.00 bits per heavy atom. The summed E-state index contributed by atoms with van der Waals surface area (Å²) in [5.74, 6) is -0.867. The van der Waals surface area contributed by atoms with Gasteiger partial charge in [-0.25, -0.2) is 8.42 Å². The van der Waals surface area contributed by atoms with Gasteiger partial charge in [0.25, 0.3) is 0 Å². The van der Waals surface area contributed by atoms with E-state index in [0.717, 1.165) is 0 Å². The summed E-state index contributed by atoms with van der Waals surface area (Å²) in [6.45, 7) is -1.11. The van der Waals surface area contributed by atoms with Crippen LogP contribution < -0.4 is 14.2 Å². The number of nitrogens with one attached hydrogen (secondary N) is 1. The van der Waals surface area contributed by atoms with Gasteiger partial charge in [0.05, 0.1) is 14.2 Å². The topological polar surface area (TPSA) is 108 Å². The number of ketones is 1. The van der Waals surface area contributed by atoms with Gasteiger partial charge in [0.2, 0.25) is 10.0 Å². The van der Waals surface area contributed by atoms with Crippen LogP contribution in [0.4, 0.5) is 0 Å². The fourth-order valence-corrected chi connectivity index (χ4v) is 3.28. The number of sulfonamides is 1. The van der Waals surface area contributed by atoms with Gasteiger partial charge < -0.3 is 14.2 Å². The molecule has 0 aliphatic heterocycles. The van der Waals surface area contributed by atoms with Crippen molar-refractivity contribution in [1.29, 1.82) is 0 Å². The van der Waals surface area contributed by atoms with Crippen molar-refractivity contribution in [2.24, 2.45) is 0 Å². The highest BCUT2D eigenvalue weighted by atomic mass is 32.2. The molecule has 0 fully saturated rings. The maximum Gasteiger partial charge on any atom is 0.321 e. The minimum atomic E-state index is -4.06. The maximum absolute atomic E-state index is 12.4. The Bertz CT molecular complexity index is 911. The molecular weight excluding hydrogens is 374 g/mol. The Morgan fingerprint density at radius 2 is 1.70 bits per heavy atom. The molecule has 0 aromatic heterocycles. The Morgan fingerprint density at radius 3 is 2.33 bits per heavy atom. The largest absolute Gasteiger partial charge is 0.497 e. The van der Waals surface area contributed by atoms with E-state index < -0.39 is 29.1 Å². The second kappa shape index (κ2) is 9.15. The fourth-order valence-electron chi connectivity index (χ4n) is 2.13. The van der Waals surface area contributed by atoms with Gasteiger partial charge in [-0.3, -0.25) is 9.59 Å². The van der Waals surface area contributed by atoms with E-state index in [1.54, 1.807) is 36.4 Å². The first-order valence-electron chi connectivity index (χ1n) is 7.83. The number of esters is 1. The molecule has 0 saturated carbocycles. The van der Waals surface area contributed by atoms with Crippen molar-refractivity contribution in [3.05, 3.63) is 54.1 Å². The van der Waals surface area contributed by atoms with Crippen LogP contribution in [0.2, 0.25) is 0 Å². The predicted molar refractivity (Wildman–Crippen MR) is 96.5 cm³/mol. The molecule has 0 unspecified atom stereocenters. The zero-order chi connectivity index (χ0) is 19.9. The van der Waals surface area contributed by atoms with Crippen LogP contribution >= 0.6 is 0 Å². The quantitative estimate of drug-likeness (QED) is 0.507. The highest BCUT2D eigenvalue weighted by molar-refractivity contribution is 7.89. The number of Topliss-reactive ketones (excluding diaryl/α,β-unsaturated/α-hetero) is 1. The second-order valence-electron chi connectivity index (χ2n) is 5.29. The average Bonchev–Trinajstić information content (AvgIpc) is 2.70. The first-order chi connectivity index (χ1) is 12.9. The number of hydrogen-bond donors (Lipinski definition) is 1. The molecule has 0 aliphatic carbocycles. The Balaban J connectivity index is 1.97. The first kappa shape index (κ1) is 20.4. The van der Waals surface area contributed by atoms with Crippen molar-refractivity contribution in [2.75, 3.05) is 27.4 Å². The van der Waals surface area contributed by atoms with Crippen molar-refractivity contribution in [3.63, 3.8) is 0 Å². The van der Waals surface area contributed by atoms with Crippen molar-refractivity contribution in [2.45, 2.75) is 4.90 Å². The maximum atomic E-state index is 12.4. The van der Waals surface area contributed by atoms with E-state index in [2.05, 4.69) is 4.72 Å². The SMILES string of the molecule is COc1ccc(OC)c(S(=O)(=O)NCC(=O)OCC(=O)c2ccccc2)c1. The summed E-state index contributed by atoms with van der Waals surface area (Å²) < 4.78 is 41.8. The van der Waals surface area contributed by atoms with Crippen LogP contribution in [0.25, 0.3) is 0 Å². The summed E-state index contributed by atoms with van der Waals surface area (Å²) in [4.78, 5) is 23.5. The van der Waals surface area contributed by atoms with Crippen LogP contribution in [0.3, 0.4) is 0 Å². The lowest BCUT2D eigenvalue weighted by Crippen LogP contribution is -2.31. The van der Waals surface area contributed by atoms with E-state index in [4.69, 9.17) is 14.2 Å². The predicted octanol–water partition coefficient (Wildman–Crippen LogP) is 1.41. The van der Waals surface area contributed by atoms with Gasteiger partial charge in [-0.1, -0.05) is 30.3 Å². The molecule has 0 spiro atoms. The van der Waals surface area contributed by atoms with Gasteiger partial charge in [-0.05, 0) is 12.1 Å². The minimum Gasteiger partial charge on any atom is -0.497 e. The molecule has 8 nitrogen and oxygen atoms in total. The monoisotopic (exact) mass is 393 g/mol. The Labute approximate surface area is 157 Å². The molecule has 0 aliphatic rings. The summed E-state index contributed by atoms with van der Waals surface area (Å²) in [6, 6.07) is 12.6. The summed E-state index contributed by atoms with van der Waals surface area (Å²) >= 11 is 0. The molecule has 0 amide bonds. The molecule has 1 N–H and O–H groups in total. The molecule has 0 atom stereocenters. The normalized spacial score (nSPS) is 10.9. The minimum absolute atomic E-state index is 0.0934. The third-order valence-electron chi connectivity index (χ3n) is 3.53. The van der Waals surface area contributed by atoms with Crippen LogP contribution in [0.1, 0.15) is 10.4 Å². The molecule has 144 valence electrons. The third-order valence-corrected chi connectivity index (χ3v) is 4.95. The Kier molecular flexibility index (Phi) is 6.91. The molecular formula is C18H19NO7S. The molecule has 9 heteroatoms. The summed E-state index contributed by atoms with van der Waals surface area (Å²) in [6.07, 6.45) is 0. The van der Waals surface area contributed by atoms with Crippen molar-refractivity contribution in [3.8, 4) is 11.5 Å². The van der Waals surface area contributed by atoms with E-state index in [0.29, 0.717) is 11.3 Å². The molecule has 0 heterocycles. The van der Waals surface area contributed by atoms with Gasteiger partial charge in [0, 0.05) is 11.6 Å². The Hall–Kier alpha value is -2.91. The third kappa shape index (κ3) is 5.53. The molecule has 0 bridgehead atoms. The van der Waals surface area contributed by atoms with Crippen LogP contribution in [0, 0.1) is 0 Å². The second-order valence-corrected chi connectivity index (χ2v) is 7.03. The van der Waals surface area contributed by atoms with Gasteiger partial charge in [0.1, 0.15) is 22.9 Å². The van der Waals surface area contributed by atoms with Crippen LogP contribution in [-0.4, -0.2) is 47.5 Å². The molecule has 2 aromatic carbocycles. The molecule has 27 heavy (non-hydrogen) atoms. The van der Waals surface area contributed by atoms with Crippen molar-refractivity contribution >= 4 is 21.8 Å². The molecule has 0 saturated heterocycles. The van der Waals surface area contributed by atoms with E-state index in [1.165, 1.54) is 26.4 Å². The van der Waals surface area contributed by atoms with Crippen LogP contribution in [0.15, 0.2) is 53.4 Å². The summed E-state index contributed by atoms with van der Waals surface area (Å²) in [5, 5.41) is 0. The lowest BCUT2D eigenvalue weighted by molar-refractivity contribution is -0.141. The molecule has 2 rings (SSSR count). The number of rotatable bonds is 9. The molecule has 2 aromatic rings. The number of benzene rings is 2. The van der Waals surface area contributed by atoms with Crippen LogP contribution in [-0.2, 0) is 19.6 Å². The highest BCUT2D eigenvalue weighted by Crippen LogP contribution is 2.27. The first-order valence-corrected chi connectivity index (χ1v) is 9.31. The van der Waals surface area contributed by atoms with Gasteiger partial charge in [-0.15, -0.1) is 0 Å². The summed E-state index contributed by atoms with van der Waals surface area (Å²) in [5.41, 5.74) is 0.395. The number of methoxy groups -OCH3 is 2. The zero-order valence-electron chi connectivity index (χ0n) is 14.8. The fraction of sp³-hybridized carbons (Fsp3) is 0.222. The van der Waals surface area contributed by atoms with E-state index in [-0.39, 0.29) is 16.4 Å². The number of ether oxygens (including phenoxy) is 3. The van der Waals surface area contributed by atoms with Gasteiger partial charge in [0.15, 0.2) is 12.4 Å². The van der Waals surface area contributed by atoms with Gasteiger partial charge >= 0.3 is 5.97 Å². The van der Waals surface area contributed by atoms with E-state index in [9.17, 15) is 18.0 Å². The average molecular weight is 393 g/mol. The van der Waals surface area contributed by atoms with E-state index in [1.807, 2.05) is 0 Å². The smallest absolute Gasteiger partial charge is 0.321 e. The van der Waals surface area contributed by atoms with Crippen LogP contribution in [0.5, 0.6) is 11.5 Å². The zero-order valence-corrected chi connectivity index (χ0v) is 15.6. The lowest BCUT2D eigenvalue weighted by Gasteiger charge is -2.12. The lowest BCUT2D eigenvalue weighted by atomic mass is 10.1. The van der Waals surface area contributed by atoms with E-state index >= 15 is 0 Å². The highest BCUT2D eigenvalue weighted by Gasteiger charge is 2.22. The van der Waals surface area contributed by atoms with Gasteiger partial charge in [-0.2, -0.15) is 4.72 Å². The standard InChI is InChI=1S/C18H19NO7S/c1-24-14-8-9-16(25-2)17(10-14)27(22,23)19-11-18(21)26-12-15(20)13-6-4-3-5-7-13/h3-10,19H,11-12H2,1-2H3. The molecule has 0 radical (unpaired) electrons. The number of carbonyl (C=O) groups excluding carboxylic acids is 2. The summed E-state index contributed by atoms with van der Waals surface area (Å²) in [7, 11) is -1.34.